The number of aliphatic hydroxyl groups excluding tert-OH is 1. The van der Waals surface area contributed by atoms with Gasteiger partial charge in [-0.25, -0.2) is 0 Å². The number of pyridine rings is 1. The Balaban J connectivity index is 2.14. The average Bonchev–Trinajstić information content (AvgIpc) is 2.50. The Morgan fingerprint density at radius 1 is 1.14 bits per heavy atom. The van der Waals surface area contributed by atoms with E-state index < -0.39 is 6.10 Å². The molecule has 110 valence electrons. The van der Waals surface area contributed by atoms with Crippen LogP contribution in [0.2, 0.25) is 0 Å². The van der Waals surface area contributed by atoms with Crippen molar-refractivity contribution in [1.82, 2.24) is 4.57 Å². The fourth-order valence-corrected chi connectivity index (χ4v) is 2.47. The van der Waals surface area contributed by atoms with E-state index in [1.54, 1.807) is 16.8 Å². The molecule has 0 aliphatic carbocycles. The molecule has 2 atom stereocenters. The van der Waals surface area contributed by atoms with Crippen molar-refractivity contribution in [3.8, 4) is 0 Å². The summed E-state index contributed by atoms with van der Waals surface area (Å²) in [4.78, 5) is 11.8. The van der Waals surface area contributed by atoms with Crippen LogP contribution in [0.1, 0.15) is 12.0 Å². The molecule has 1 aromatic carbocycles. The fourth-order valence-electron chi connectivity index (χ4n) is 2.47. The van der Waals surface area contributed by atoms with Crippen molar-refractivity contribution >= 4 is 6.21 Å². The van der Waals surface area contributed by atoms with Gasteiger partial charge < -0.3 is 15.1 Å². The molecule has 0 fully saturated rings. The lowest BCUT2D eigenvalue weighted by Gasteiger charge is -2.19. The summed E-state index contributed by atoms with van der Waals surface area (Å²) in [6.07, 6.45) is 3.29. The van der Waals surface area contributed by atoms with E-state index in [1.165, 1.54) is 11.6 Å². The molecule has 0 saturated heterocycles. The molecule has 1 aromatic heterocycles. The van der Waals surface area contributed by atoms with Gasteiger partial charge in [0.2, 0.25) is 0 Å². The molecular weight excluding hydrogens is 264 g/mol. The molecule has 0 amide bonds. The lowest BCUT2D eigenvalue weighted by molar-refractivity contribution is 0.198. The van der Waals surface area contributed by atoms with E-state index >= 15 is 0 Å². The fraction of sp³-hybridized carbons (Fsp3) is 0.294. The van der Waals surface area contributed by atoms with Crippen molar-refractivity contribution in [1.29, 1.82) is 5.41 Å². The zero-order valence-electron chi connectivity index (χ0n) is 11.9. The highest BCUT2D eigenvalue weighted by Gasteiger charge is 2.15. The largest absolute Gasteiger partial charge is 0.387 e. The Bertz CT molecular complexity index is 622. The Kier molecular flexibility index (Phi) is 5.46. The minimum absolute atomic E-state index is 0.0418. The third-order valence-electron chi connectivity index (χ3n) is 3.49. The van der Waals surface area contributed by atoms with Crippen molar-refractivity contribution < 1.29 is 5.11 Å². The molecular formula is C17H20N2O2. The standard InChI is InChI=1S/C17H20N2O2/c18-12-16(20)11-15(10-14-6-2-1-3-7-14)13-19-9-5-4-8-17(19)21/h1-9,12,15-16,18,20H,10-11,13H2. The number of benzene rings is 1. The molecule has 21 heavy (non-hydrogen) atoms. The topological polar surface area (TPSA) is 66.1 Å². The van der Waals surface area contributed by atoms with Gasteiger partial charge in [-0.15, -0.1) is 0 Å². The lowest BCUT2D eigenvalue weighted by Crippen LogP contribution is -2.26. The van der Waals surface area contributed by atoms with E-state index in [0.29, 0.717) is 13.0 Å². The maximum Gasteiger partial charge on any atom is 0.250 e. The van der Waals surface area contributed by atoms with Crippen molar-refractivity contribution in [2.24, 2.45) is 5.92 Å². The van der Waals surface area contributed by atoms with Gasteiger partial charge in [0.1, 0.15) is 0 Å². The Hall–Kier alpha value is -2.20. The van der Waals surface area contributed by atoms with Crippen LogP contribution < -0.4 is 5.56 Å². The first kappa shape index (κ1) is 15.2. The first-order valence-corrected chi connectivity index (χ1v) is 7.07. The third kappa shape index (κ3) is 4.68. The zero-order valence-corrected chi connectivity index (χ0v) is 11.9. The monoisotopic (exact) mass is 284 g/mol. The molecule has 0 radical (unpaired) electrons. The summed E-state index contributed by atoms with van der Waals surface area (Å²) in [6.45, 7) is 0.541. The molecule has 0 aliphatic heterocycles. The van der Waals surface area contributed by atoms with Crippen LogP contribution in [0, 0.1) is 11.3 Å². The van der Waals surface area contributed by atoms with Gasteiger partial charge in [-0.05, 0) is 30.4 Å². The first-order valence-electron chi connectivity index (χ1n) is 7.07. The summed E-state index contributed by atoms with van der Waals surface area (Å²) in [6, 6.07) is 15.1. The third-order valence-corrected chi connectivity index (χ3v) is 3.49. The molecule has 2 N–H and O–H groups in total. The molecule has 4 heteroatoms. The summed E-state index contributed by atoms with van der Waals surface area (Å²) < 4.78 is 1.66. The zero-order chi connectivity index (χ0) is 15.1. The summed E-state index contributed by atoms with van der Waals surface area (Å²) in [5, 5.41) is 16.9. The minimum atomic E-state index is -0.766. The van der Waals surface area contributed by atoms with Crippen LogP contribution in [0.5, 0.6) is 0 Å². The highest BCUT2D eigenvalue weighted by Crippen LogP contribution is 2.16. The van der Waals surface area contributed by atoms with E-state index in [9.17, 15) is 9.90 Å². The Labute approximate surface area is 124 Å². The van der Waals surface area contributed by atoms with Crippen molar-refractivity contribution in [2.75, 3.05) is 0 Å². The number of rotatable bonds is 7. The van der Waals surface area contributed by atoms with Gasteiger partial charge in [0.05, 0.1) is 6.10 Å². The van der Waals surface area contributed by atoms with Gasteiger partial charge in [0.25, 0.3) is 5.56 Å². The maximum atomic E-state index is 11.8. The second-order valence-corrected chi connectivity index (χ2v) is 5.22. The number of nitrogens with zero attached hydrogens (tertiary/aromatic N) is 1. The van der Waals surface area contributed by atoms with Crippen molar-refractivity contribution in [3.63, 3.8) is 0 Å². The van der Waals surface area contributed by atoms with Gasteiger partial charge >= 0.3 is 0 Å². The van der Waals surface area contributed by atoms with Crippen LogP contribution in [-0.2, 0) is 13.0 Å². The van der Waals surface area contributed by atoms with E-state index in [4.69, 9.17) is 5.41 Å². The Morgan fingerprint density at radius 2 is 1.86 bits per heavy atom. The predicted octanol–water partition coefficient (Wildman–Crippen LogP) is 2.11. The van der Waals surface area contributed by atoms with Crippen LogP contribution in [0.4, 0.5) is 0 Å². The van der Waals surface area contributed by atoms with Gasteiger partial charge in [0.15, 0.2) is 0 Å². The van der Waals surface area contributed by atoms with E-state index in [2.05, 4.69) is 0 Å². The molecule has 2 aromatic rings. The molecule has 2 rings (SSSR count). The normalized spacial score (nSPS) is 13.6. The van der Waals surface area contributed by atoms with Gasteiger partial charge in [-0.2, -0.15) is 0 Å². The summed E-state index contributed by atoms with van der Waals surface area (Å²) in [5.74, 6) is 0.101. The molecule has 0 spiro atoms. The van der Waals surface area contributed by atoms with Crippen molar-refractivity contribution in [3.05, 3.63) is 70.6 Å². The van der Waals surface area contributed by atoms with Crippen LogP contribution in [0.3, 0.4) is 0 Å². The maximum absolute atomic E-state index is 11.8. The highest BCUT2D eigenvalue weighted by molar-refractivity contribution is 5.58. The summed E-state index contributed by atoms with van der Waals surface area (Å²) >= 11 is 0. The molecule has 2 unspecified atom stereocenters. The smallest absolute Gasteiger partial charge is 0.250 e. The molecule has 1 heterocycles. The second kappa shape index (κ2) is 7.55. The second-order valence-electron chi connectivity index (χ2n) is 5.22. The SMILES string of the molecule is N=CC(O)CC(Cc1ccccc1)Cn1ccccc1=O. The van der Waals surface area contributed by atoms with Gasteiger partial charge in [-0.1, -0.05) is 36.4 Å². The van der Waals surface area contributed by atoms with E-state index in [1.807, 2.05) is 36.4 Å². The molecule has 0 saturated carbocycles. The highest BCUT2D eigenvalue weighted by atomic mass is 16.3. The number of aliphatic hydroxyl groups is 1. The molecule has 4 nitrogen and oxygen atoms in total. The number of aromatic nitrogens is 1. The number of hydrogen-bond acceptors (Lipinski definition) is 3. The summed E-state index contributed by atoms with van der Waals surface area (Å²) in [5.41, 5.74) is 1.13. The van der Waals surface area contributed by atoms with E-state index in [0.717, 1.165) is 12.6 Å². The number of hydrogen-bond donors (Lipinski definition) is 2. The molecule has 0 aliphatic rings. The predicted molar refractivity (Wildman–Crippen MR) is 83.7 cm³/mol. The average molecular weight is 284 g/mol. The Morgan fingerprint density at radius 3 is 2.52 bits per heavy atom. The van der Waals surface area contributed by atoms with E-state index in [-0.39, 0.29) is 11.5 Å². The van der Waals surface area contributed by atoms with Crippen LogP contribution in [0.15, 0.2) is 59.5 Å². The van der Waals surface area contributed by atoms with Crippen LogP contribution in [-0.4, -0.2) is 22.0 Å². The molecule has 0 bridgehead atoms. The van der Waals surface area contributed by atoms with Crippen molar-refractivity contribution in [2.45, 2.75) is 25.5 Å². The summed E-state index contributed by atoms with van der Waals surface area (Å²) in [7, 11) is 0. The van der Waals surface area contributed by atoms with Gasteiger partial charge in [0, 0.05) is 25.0 Å². The quantitative estimate of drug-likeness (QED) is 0.765. The van der Waals surface area contributed by atoms with Gasteiger partial charge in [-0.3, -0.25) is 4.79 Å². The lowest BCUT2D eigenvalue weighted by atomic mass is 9.93. The number of nitrogens with one attached hydrogen (secondary N) is 1. The van der Waals surface area contributed by atoms with Crippen LogP contribution >= 0.6 is 0 Å². The minimum Gasteiger partial charge on any atom is -0.387 e. The van der Waals surface area contributed by atoms with Crippen LogP contribution in [0.25, 0.3) is 0 Å². The first-order chi connectivity index (χ1) is 10.2.